The molecule has 1 aromatic rings. The van der Waals surface area contributed by atoms with Crippen molar-refractivity contribution in [3.05, 3.63) is 29.3 Å². The van der Waals surface area contributed by atoms with E-state index in [-0.39, 0.29) is 17.4 Å². The first-order valence-electron chi connectivity index (χ1n) is 6.71. The van der Waals surface area contributed by atoms with Gasteiger partial charge in [0.1, 0.15) is 6.29 Å². The van der Waals surface area contributed by atoms with E-state index in [4.69, 9.17) is 4.74 Å². The van der Waals surface area contributed by atoms with E-state index >= 15 is 0 Å². The first-order chi connectivity index (χ1) is 9.62. The number of carbonyl (C=O) groups is 1. The largest absolute Gasteiger partial charge is 0.418 e. The van der Waals surface area contributed by atoms with Gasteiger partial charge < -0.3 is 9.64 Å². The summed E-state index contributed by atoms with van der Waals surface area (Å²) in [6.45, 7) is 6.28. The Bertz CT molecular complexity index is 540. The van der Waals surface area contributed by atoms with Gasteiger partial charge in [-0.05, 0) is 39.0 Å². The maximum atomic E-state index is 13.2. The Hall–Kier alpha value is -1.56. The van der Waals surface area contributed by atoms with Crippen LogP contribution in [0.3, 0.4) is 0 Å². The van der Waals surface area contributed by atoms with Crippen molar-refractivity contribution in [3.63, 3.8) is 0 Å². The van der Waals surface area contributed by atoms with Crippen LogP contribution in [-0.4, -0.2) is 31.1 Å². The minimum absolute atomic E-state index is 0.0200. The van der Waals surface area contributed by atoms with Crippen molar-refractivity contribution in [2.75, 3.05) is 18.0 Å². The molecule has 6 heteroatoms. The molecule has 21 heavy (non-hydrogen) atoms. The van der Waals surface area contributed by atoms with Crippen molar-refractivity contribution in [2.45, 2.75) is 38.7 Å². The topological polar surface area (TPSA) is 29.5 Å². The summed E-state index contributed by atoms with van der Waals surface area (Å²) in [6, 6.07) is 3.67. The molecule has 1 atom stereocenters. The molecule has 0 bridgehead atoms. The number of carbonyl (C=O) groups excluding carboxylic acids is 1. The second-order valence-corrected chi connectivity index (χ2v) is 5.96. The number of morpholine rings is 1. The molecule has 2 rings (SSSR count). The van der Waals surface area contributed by atoms with Gasteiger partial charge in [0.2, 0.25) is 0 Å². The third-order valence-corrected chi connectivity index (χ3v) is 3.37. The average molecular weight is 301 g/mol. The monoisotopic (exact) mass is 301 g/mol. The van der Waals surface area contributed by atoms with Crippen LogP contribution in [0.5, 0.6) is 0 Å². The van der Waals surface area contributed by atoms with E-state index in [0.717, 1.165) is 6.07 Å². The summed E-state index contributed by atoms with van der Waals surface area (Å²) in [7, 11) is 0. The normalized spacial score (nSPS) is 22.2. The number of ether oxygens (including phenoxy) is 1. The van der Waals surface area contributed by atoms with E-state index < -0.39 is 17.3 Å². The van der Waals surface area contributed by atoms with Crippen molar-refractivity contribution >= 4 is 12.0 Å². The Morgan fingerprint density at radius 3 is 2.57 bits per heavy atom. The summed E-state index contributed by atoms with van der Waals surface area (Å²) in [4.78, 5) is 12.4. The summed E-state index contributed by atoms with van der Waals surface area (Å²) in [5.74, 6) is 0. The van der Waals surface area contributed by atoms with Gasteiger partial charge in [0.25, 0.3) is 0 Å². The Labute approximate surface area is 121 Å². The molecule has 3 nitrogen and oxygen atoms in total. The number of anilines is 1. The number of hydrogen-bond donors (Lipinski definition) is 0. The lowest BCUT2D eigenvalue weighted by Crippen LogP contribution is -2.52. The third-order valence-electron chi connectivity index (χ3n) is 3.37. The Morgan fingerprint density at radius 2 is 2.05 bits per heavy atom. The van der Waals surface area contributed by atoms with Gasteiger partial charge in [-0.1, -0.05) is 0 Å². The number of hydrogen-bond acceptors (Lipinski definition) is 3. The van der Waals surface area contributed by atoms with Crippen molar-refractivity contribution in [2.24, 2.45) is 0 Å². The molecule has 1 unspecified atom stereocenters. The van der Waals surface area contributed by atoms with Crippen molar-refractivity contribution in [3.8, 4) is 0 Å². The zero-order valence-corrected chi connectivity index (χ0v) is 12.2. The minimum atomic E-state index is -4.50. The van der Waals surface area contributed by atoms with Crippen LogP contribution >= 0.6 is 0 Å². The maximum absolute atomic E-state index is 13.2. The number of benzene rings is 1. The standard InChI is InChI=1S/C15H18F3NO2/c1-10-7-19(9-14(2,3)21-10)13-5-4-11(8-20)6-12(13)15(16,17)18/h4-6,8,10H,7,9H2,1-3H3. The highest BCUT2D eigenvalue weighted by atomic mass is 19.4. The fourth-order valence-corrected chi connectivity index (χ4v) is 2.77. The molecule has 0 radical (unpaired) electrons. The molecular weight excluding hydrogens is 283 g/mol. The van der Waals surface area contributed by atoms with Gasteiger partial charge in [0, 0.05) is 24.3 Å². The summed E-state index contributed by atoms with van der Waals surface area (Å²) in [6.07, 6.45) is -4.24. The van der Waals surface area contributed by atoms with Crippen LogP contribution in [0.1, 0.15) is 36.7 Å². The molecule has 0 spiro atoms. The maximum Gasteiger partial charge on any atom is 0.418 e. The zero-order valence-electron chi connectivity index (χ0n) is 12.2. The summed E-state index contributed by atoms with van der Waals surface area (Å²) in [5.41, 5.74) is -1.19. The Kier molecular flexibility index (Phi) is 4.02. The highest BCUT2D eigenvalue weighted by molar-refractivity contribution is 5.77. The average Bonchev–Trinajstić information content (AvgIpc) is 2.34. The highest BCUT2D eigenvalue weighted by Gasteiger charge is 2.38. The van der Waals surface area contributed by atoms with Crippen LogP contribution in [0.4, 0.5) is 18.9 Å². The molecule has 0 amide bonds. The van der Waals surface area contributed by atoms with E-state index in [1.807, 2.05) is 20.8 Å². The van der Waals surface area contributed by atoms with E-state index in [1.54, 1.807) is 4.90 Å². The minimum Gasteiger partial charge on any atom is -0.369 e. The van der Waals surface area contributed by atoms with Gasteiger partial charge in [-0.15, -0.1) is 0 Å². The van der Waals surface area contributed by atoms with Gasteiger partial charge >= 0.3 is 6.18 Å². The molecule has 1 saturated heterocycles. The second kappa shape index (κ2) is 5.33. The number of halogens is 3. The van der Waals surface area contributed by atoms with Crippen LogP contribution in [0.2, 0.25) is 0 Å². The van der Waals surface area contributed by atoms with Gasteiger partial charge in [-0.25, -0.2) is 0 Å². The van der Waals surface area contributed by atoms with Crippen LogP contribution in [-0.2, 0) is 10.9 Å². The summed E-state index contributed by atoms with van der Waals surface area (Å²) < 4.78 is 45.4. The molecule has 116 valence electrons. The van der Waals surface area contributed by atoms with Gasteiger partial charge in [0.05, 0.1) is 17.3 Å². The van der Waals surface area contributed by atoms with Crippen LogP contribution < -0.4 is 4.90 Å². The Morgan fingerprint density at radius 1 is 1.38 bits per heavy atom. The fourth-order valence-electron chi connectivity index (χ4n) is 2.77. The second-order valence-electron chi connectivity index (χ2n) is 5.96. The lowest BCUT2D eigenvalue weighted by molar-refractivity contribution is -0.137. The molecule has 1 fully saturated rings. The first-order valence-corrected chi connectivity index (χ1v) is 6.71. The molecule has 1 aliphatic heterocycles. The van der Waals surface area contributed by atoms with Crippen molar-refractivity contribution in [1.29, 1.82) is 0 Å². The number of rotatable bonds is 2. The first kappa shape index (κ1) is 15.8. The number of aldehydes is 1. The zero-order chi connectivity index (χ0) is 15.8. The predicted octanol–water partition coefficient (Wildman–Crippen LogP) is 3.52. The lowest BCUT2D eigenvalue weighted by Gasteiger charge is -2.43. The third kappa shape index (κ3) is 3.56. The van der Waals surface area contributed by atoms with Gasteiger partial charge in [0.15, 0.2) is 0 Å². The van der Waals surface area contributed by atoms with Crippen LogP contribution in [0.15, 0.2) is 18.2 Å². The van der Waals surface area contributed by atoms with Crippen molar-refractivity contribution in [1.82, 2.24) is 0 Å². The van der Waals surface area contributed by atoms with E-state index in [0.29, 0.717) is 19.4 Å². The molecule has 0 saturated carbocycles. The molecule has 0 aromatic heterocycles. The van der Waals surface area contributed by atoms with E-state index in [1.165, 1.54) is 12.1 Å². The highest BCUT2D eigenvalue weighted by Crippen LogP contribution is 2.38. The Balaban J connectivity index is 2.45. The molecular formula is C15H18F3NO2. The van der Waals surface area contributed by atoms with Gasteiger partial charge in [-0.3, -0.25) is 4.79 Å². The quantitative estimate of drug-likeness (QED) is 0.783. The molecule has 0 aliphatic carbocycles. The number of alkyl halides is 3. The van der Waals surface area contributed by atoms with E-state index in [9.17, 15) is 18.0 Å². The predicted molar refractivity (Wildman–Crippen MR) is 73.7 cm³/mol. The fraction of sp³-hybridized carbons (Fsp3) is 0.533. The SMILES string of the molecule is CC1CN(c2ccc(C=O)cc2C(F)(F)F)CC(C)(C)O1. The molecule has 1 heterocycles. The number of nitrogens with zero attached hydrogens (tertiary/aromatic N) is 1. The van der Waals surface area contributed by atoms with Gasteiger partial charge in [-0.2, -0.15) is 13.2 Å². The lowest BCUT2D eigenvalue weighted by atomic mass is 10.0. The van der Waals surface area contributed by atoms with E-state index in [2.05, 4.69) is 0 Å². The van der Waals surface area contributed by atoms with Crippen LogP contribution in [0, 0.1) is 0 Å². The molecule has 0 N–H and O–H groups in total. The van der Waals surface area contributed by atoms with Crippen LogP contribution in [0.25, 0.3) is 0 Å². The summed E-state index contributed by atoms with van der Waals surface area (Å²) in [5, 5.41) is 0. The smallest absolute Gasteiger partial charge is 0.369 e. The summed E-state index contributed by atoms with van der Waals surface area (Å²) >= 11 is 0. The van der Waals surface area contributed by atoms with Crippen molar-refractivity contribution < 1.29 is 22.7 Å². The molecule has 1 aliphatic rings. The molecule has 1 aromatic carbocycles.